The lowest BCUT2D eigenvalue weighted by Crippen LogP contribution is -2.30. The molecule has 0 unspecified atom stereocenters. The number of carbonyl (C=O) groups is 2. The zero-order valence-electron chi connectivity index (χ0n) is 14.2. The van der Waals surface area contributed by atoms with Crippen molar-refractivity contribution in [1.29, 1.82) is 0 Å². The van der Waals surface area contributed by atoms with Gasteiger partial charge in [-0.05, 0) is 18.6 Å². The lowest BCUT2D eigenvalue weighted by Gasteiger charge is -2.10. The van der Waals surface area contributed by atoms with Crippen molar-refractivity contribution in [1.82, 2.24) is 5.32 Å². The van der Waals surface area contributed by atoms with Gasteiger partial charge >= 0.3 is 5.97 Å². The van der Waals surface area contributed by atoms with E-state index in [1.807, 2.05) is 24.3 Å². The lowest BCUT2D eigenvalue weighted by atomic mass is 10.1. The molecule has 0 spiro atoms. The topological polar surface area (TPSA) is 64.6 Å². The number of fused-ring (bicyclic) bond motifs is 1. The van der Waals surface area contributed by atoms with Gasteiger partial charge in [-0.3, -0.25) is 4.79 Å². The molecule has 0 aliphatic rings. The molecule has 0 fully saturated rings. The molecule has 0 aliphatic carbocycles. The molecule has 25 heavy (non-hydrogen) atoms. The average molecular weight is 364 g/mol. The number of hydrogen-bond acceptors (Lipinski definition) is 4. The summed E-state index contributed by atoms with van der Waals surface area (Å²) in [6.07, 6.45) is 3.06. The second-order valence-corrected chi connectivity index (χ2v) is 6.00. The Morgan fingerprint density at radius 2 is 1.80 bits per heavy atom. The molecular formula is C19H22ClNO4. The second-order valence-electron chi connectivity index (χ2n) is 5.60. The molecule has 0 atom stereocenters. The van der Waals surface area contributed by atoms with Gasteiger partial charge in [-0.15, -0.1) is 0 Å². The summed E-state index contributed by atoms with van der Waals surface area (Å²) in [5, 5.41) is 4.99. The van der Waals surface area contributed by atoms with Crippen LogP contribution in [0.25, 0.3) is 10.8 Å². The van der Waals surface area contributed by atoms with Crippen molar-refractivity contribution in [3.63, 3.8) is 0 Å². The standard InChI is InChI=1S/C19H22ClNO4/c1-2-3-6-11-21-18(22)12-25-19(23)13-24-17-10-9-16(20)14-7-4-5-8-15(14)17/h4-5,7-10H,2-3,6,11-13H2,1H3,(H,21,22). The highest BCUT2D eigenvalue weighted by atomic mass is 35.5. The van der Waals surface area contributed by atoms with Gasteiger partial charge in [-0.1, -0.05) is 55.6 Å². The molecule has 0 radical (unpaired) electrons. The van der Waals surface area contributed by atoms with Crippen molar-refractivity contribution in [3.8, 4) is 5.75 Å². The van der Waals surface area contributed by atoms with Gasteiger partial charge in [0.25, 0.3) is 5.91 Å². The molecule has 2 aromatic rings. The number of carbonyl (C=O) groups excluding carboxylic acids is 2. The third kappa shape index (κ3) is 5.94. The number of ether oxygens (including phenoxy) is 2. The average Bonchev–Trinajstić information content (AvgIpc) is 2.63. The van der Waals surface area contributed by atoms with Crippen molar-refractivity contribution >= 4 is 34.2 Å². The predicted molar refractivity (Wildman–Crippen MR) is 97.9 cm³/mol. The zero-order valence-corrected chi connectivity index (χ0v) is 15.0. The Bertz CT molecular complexity index is 732. The molecule has 0 saturated heterocycles. The van der Waals surface area contributed by atoms with Gasteiger partial charge in [-0.2, -0.15) is 0 Å². The summed E-state index contributed by atoms with van der Waals surface area (Å²) in [5.74, 6) is -0.356. The molecule has 0 heterocycles. The van der Waals surface area contributed by atoms with E-state index in [2.05, 4.69) is 12.2 Å². The monoisotopic (exact) mass is 363 g/mol. The minimum absolute atomic E-state index is 0.269. The molecule has 2 aromatic carbocycles. The number of halogens is 1. The fraction of sp³-hybridized carbons (Fsp3) is 0.368. The normalized spacial score (nSPS) is 10.5. The molecule has 1 N–H and O–H groups in total. The number of benzene rings is 2. The van der Waals surface area contributed by atoms with E-state index in [0.29, 0.717) is 17.3 Å². The highest BCUT2D eigenvalue weighted by Crippen LogP contribution is 2.31. The van der Waals surface area contributed by atoms with Gasteiger partial charge in [0, 0.05) is 22.3 Å². The van der Waals surface area contributed by atoms with Crippen LogP contribution in [0.5, 0.6) is 5.75 Å². The third-order valence-corrected chi connectivity index (χ3v) is 3.97. The first-order valence-corrected chi connectivity index (χ1v) is 8.72. The Balaban J connectivity index is 1.79. The minimum Gasteiger partial charge on any atom is -0.481 e. The molecule has 0 bridgehead atoms. The van der Waals surface area contributed by atoms with Crippen LogP contribution < -0.4 is 10.1 Å². The first-order valence-electron chi connectivity index (χ1n) is 8.34. The summed E-state index contributed by atoms with van der Waals surface area (Å²) in [6, 6.07) is 10.9. The SMILES string of the molecule is CCCCCNC(=O)COC(=O)COc1ccc(Cl)c2ccccc12. The zero-order chi connectivity index (χ0) is 18.1. The van der Waals surface area contributed by atoms with E-state index >= 15 is 0 Å². The summed E-state index contributed by atoms with van der Waals surface area (Å²) in [5.41, 5.74) is 0. The molecule has 1 amide bonds. The number of hydrogen-bond donors (Lipinski definition) is 1. The molecule has 0 aromatic heterocycles. The van der Waals surface area contributed by atoms with Gasteiger partial charge in [-0.25, -0.2) is 4.79 Å². The highest BCUT2D eigenvalue weighted by molar-refractivity contribution is 6.35. The molecule has 134 valence electrons. The summed E-state index contributed by atoms with van der Waals surface area (Å²) < 4.78 is 10.4. The largest absolute Gasteiger partial charge is 0.481 e. The smallest absolute Gasteiger partial charge is 0.344 e. The Labute approximate surface area is 152 Å². The number of unbranched alkanes of at least 4 members (excludes halogenated alkanes) is 2. The molecule has 0 aliphatic heterocycles. The number of amides is 1. The maximum absolute atomic E-state index is 11.7. The molecule has 2 rings (SSSR count). The summed E-state index contributed by atoms with van der Waals surface area (Å²) >= 11 is 6.15. The van der Waals surface area contributed by atoms with Crippen molar-refractivity contribution < 1.29 is 19.1 Å². The first-order chi connectivity index (χ1) is 12.1. The quantitative estimate of drug-likeness (QED) is 0.544. The first kappa shape index (κ1) is 19.1. The van der Waals surface area contributed by atoms with Gasteiger partial charge in [0.1, 0.15) is 5.75 Å². The van der Waals surface area contributed by atoms with E-state index in [1.165, 1.54) is 0 Å². The maximum atomic E-state index is 11.7. The van der Waals surface area contributed by atoms with E-state index < -0.39 is 5.97 Å². The van der Waals surface area contributed by atoms with Crippen LogP contribution in [0.1, 0.15) is 26.2 Å². The Kier molecular flexibility index (Phi) is 7.54. The van der Waals surface area contributed by atoms with Crippen molar-refractivity contribution in [2.75, 3.05) is 19.8 Å². The van der Waals surface area contributed by atoms with Crippen LogP contribution in [0.3, 0.4) is 0 Å². The lowest BCUT2D eigenvalue weighted by molar-refractivity contribution is -0.150. The third-order valence-electron chi connectivity index (χ3n) is 3.64. The number of esters is 1. The fourth-order valence-corrected chi connectivity index (χ4v) is 2.57. The van der Waals surface area contributed by atoms with E-state index in [9.17, 15) is 9.59 Å². The van der Waals surface area contributed by atoms with Crippen LogP contribution in [-0.2, 0) is 14.3 Å². The van der Waals surface area contributed by atoms with Gasteiger partial charge < -0.3 is 14.8 Å². The van der Waals surface area contributed by atoms with Crippen molar-refractivity contribution in [3.05, 3.63) is 41.4 Å². The van der Waals surface area contributed by atoms with Crippen LogP contribution in [0.15, 0.2) is 36.4 Å². The van der Waals surface area contributed by atoms with E-state index in [4.69, 9.17) is 21.1 Å². The fourth-order valence-electron chi connectivity index (χ4n) is 2.34. The molecule has 0 saturated carbocycles. The minimum atomic E-state index is -0.595. The van der Waals surface area contributed by atoms with Crippen molar-refractivity contribution in [2.24, 2.45) is 0 Å². The van der Waals surface area contributed by atoms with Crippen LogP contribution in [0.2, 0.25) is 5.02 Å². The summed E-state index contributed by atoms with van der Waals surface area (Å²) in [4.78, 5) is 23.3. The van der Waals surface area contributed by atoms with Gasteiger partial charge in [0.15, 0.2) is 13.2 Å². The van der Waals surface area contributed by atoms with Crippen LogP contribution in [0, 0.1) is 0 Å². The van der Waals surface area contributed by atoms with Gasteiger partial charge in [0.05, 0.1) is 0 Å². The van der Waals surface area contributed by atoms with Gasteiger partial charge in [0.2, 0.25) is 0 Å². The summed E-state index contributed by atoms with van der Waals surface area (Å²) in [7, 11) is 0. The second kappa shape index (κ2) is 9.89. The molecule has 5 nitrogen and oxygen atoms in total. The Morgan fingerprint density at radius 3 is 2.56 bits per heavy atom. The predicted octanol–water partition coefficient (Wildman–Crippen LogP) is 3.72. The number of rotatable bonds is 9. The Hall–Kier alpha value is -2.27. The molecule has 6 heteroatoms. The van der Waals surface area contributed by atoms with Crippen LogP contribution in [-0.4, -0.2) is 31.6 Å². The Morgan fingerprint density at radius 1 is 1.04 bits per heavy atom. The van der Waals surface area contributed by atoms with E-state index in [0.717, 1.165) is 30.0 Å². The van der Waals surface area contributed by atoms with E-state index in [1.54, 1.807) is 12.1 Å². The van der Waals surface area contributed by atoms with Crippen LogP contribution in [0.4, 0.5) is 0 Å². The van der Waals surface area contributed by atoms with Crippen molar-refractivity contribution in [2.45, 2.75) is 26.2 Å². The highest BCUT2D eigenvalue weighted by Gasteiger charge is 2.10. The van der Waals surface area contributed by atoms with Crippen LogP contribution >= 0.6 is 11.6 Å². The summed E-state index contributed by atoms with van der Waals surface area (Å²) in [6.45, 7) is 2.12. The number of nitrogens with one attached hydrogen (secondary N) is 1. The molecular weight excluding hydrogens is 342 g/mol. The maximum Gasteiger partial charge on any atom is 0.344 e. The van der Waals surface area contributed by atoms with E-state index in [-0.39, 0.29) is 19.1 Å².